The predicted molar refractivity (Wildman–Crippen MR) is 82.0 cm³/mol. The SMILES string of the molecule is COc1ccc2oc(C(=O)CCN3CCCCC3)cc2c1. The summed E-state index contributed by atoms with van der Waals surface area (Å²) >= 11 is 0. The molecular weight excluding hydrogens is 266 g/mol. The number of likely N-dealkylation sites (tertiary alicyclic amines) is 1. The van der Waals surface area contributed by atoms with Crippen LogP contribution in [-0.4, -0.2) is 37.4 Å². The maximum absolute atomic E-state index is 12.3. The van der Waals surface area contributed by atoms with E-state index < -0.39 is 0 Å². The third-order valence-electron chi connectivity index (χ3n) is 4.10. The summed E-state index contributed by atoms with van der Waals surface area (Å²) < 4.78 is 10.8. The van der Waals surface area contributed by atoms with Crippen LogP contribution in [0.4, 0.5) is 0 Å². The highest BCUT2D eigenvalue weighted by molar-refractivity contribution is 5.97. The van der Waals surface area contributed by atoms with E-state index in [0.717, 1.165) is 36.4 Å². The van der Waals surface area contributed by atoms with Crippen molar-refractivity contribution >= 4 is 16.8 Å². The van der Waals surface area contributed by atoms with E-state index in [1.54, 1.807) is 7.11 Å². The molecule has 1 saturated heterocycles. The summed E-state index contributed by atoms with van der Waals surface area (Å²) in [4.78, 5) is 14.6. The summed E-state index contributed by atoms with van der Waals surface area (Å²) in [5.41, 5.74) is 0.733. The van der Waals surface area contributed by atoms with Gasteiger partial charge in [0.25, 0.3) is 0 Å². The van der Waals surface area contributed by atoms with Crippen LogP contribution in [-0.2, 0) is 0 Å². The number of rotatable bonds is 5. The molecule has 0 atom stereocenters. The molecule has 0 N–H and O–H groups in total. The van der Waals surface area contributed by atoms with Crippen molar-refractivity contribution in [1.82, 2.24) is 4.90 Å². The molecule has 1 aliphatic rings. The molecule has 1 fully saturated rings. The molecule has 0 amide bonds. The molecule has 1 aromatic carbocycles. The van der Waals surface area contributed by atoms with Crippen LogP contribution in [0, 0.1) is 0 Å². The van der Waals surface area contributed by atoms with Crippen LogP contribution in [0.15, 0.2) is 28.7 Å². The minimum atomic E-state index is 0.0794. The van der Waals surface area contributed by atoms with Crippen LogP contribution < -0.4 is 4.74 Å². The Labute approximate surface area is 124 Å². The number of ketones is 1. The molecule has 0 radical (unpaired) electrons. The topological polar surface area (TPSA) is 42.7 Å². The largest absolute Gasteiger partial charge is 0.497 e. The van der Waals surface area contributed by atoms with Crippen molar-refractivity contribution < 1.29 is 13.9 Å². The molecule has 4 nitrogen and oxygen atoms in total. The van der Waals surface area contributed by atoms with Crippen molar-refractivity contribution in [2.45, 2.75) is 25.7 Å². The van der Waals surface area contributed by atoms with Gasteiger partial charge in [0.2, 0.25) is 0 Å². The fourth-order valence-electron chi connectivity index (χ4n) is 2.85. The smallest absolute Gasteiger partial charge is 0.199 e. The molecule has 2 heterocycles. The monoisotopic (exact) mass is 287 g/mol. The second-order valence-corrected chi connectivity index (χ2v) is 5.59. The van der Waals surface area contributed by atoms with Gasteiger partial charge in [-0.3, -0.25) is 4.79 Å². The molecule has 0 unspecified atom stereocenters. The lowest BCUT2D eigenvalue weighted by Crippen LogP contribution is -2.31. The number of furan rings is 1. The minimum Gasteiger partial charge on any atom is -0.497 e. The Morgan fingerprint density at radius 1 is 1.24 bits per heavy atom. The second-order valence-electron chi connectivity index (χ2n) is 5.59. The van der Waals surface area contributed by atoms with Gasteiger partial charge in [-0.15, -0.1) is 0 Å². The van der Waals surface area contributed by atoms with Gasteiger partial charge < -0.3 is 14.1 Å². The van der Waals surface area contributed by atoms with Crippen molar-refractivity contribution in [1.29, 1.82) is 0 Å². The van der Waals surface area contributed by atoms with Crippen molar-refractivity contribution in [2.24, 2.45) is 0 Å². The number of hydrogen-bond donors (Lipinski definition) is 0. The first-order valence-electron chi connectivity index (χ1n) is 7.59. The number of nitrogens with zero attached hydrogens (tertiary/aromatic N) is 1. The summed E-state index contributed by atoms with van der Waals surface area (Å²) in [6.45, 7) is 3.06. The lowest BCUT2D eigenvalue weighted by molar-refractivity contribution is 0.0934. The van der Waals surface area contributed by atoms with Gasteiger partial charge >= 0.3 is 0 Å². The van der Waals surface area contributed by atoms with E-state index >= 15 is 0 Å². The van der Waals surface area contributed by atoms with Gasteiger partial charge in [0.15, 0.2) is 11.5 Å². The molecule has 4 heteroatoms. The zero-order chi connectivity index (χ0) is 14.7. The second kappa shape index (κ2) is 6.31. The lowest BCUT2D eigenvalue weighted by atomic mass is 10.1. The highest BCUT2D eigenvalue weighted by atomic mass is 16.5. The van der Waals surface area contributed by atoms with Gasteiger partial charge in [0.1, 0.15) is 11.3 Å². The molecule has 0 bridgehead atoms. The molecular formula is C17H21NO3. The first kappa shape index (κ1) is 14.1. The Kier molecular flexibility index (Phi) is 4.25. The Morgan fingerprint density at radius 2 is 2.05 bits per heavy atom. The number of fused-ring (bicyclic) bond motifs is 1. The zero-order valence-electron chi connectivity index (χ0n) is 12.4. The van der Waals surface area contributed by atoms with Crippen LogP contribution in [0.2, 0.25) is 0 Å². The Bertz CT molecular complexity index is 626. The van der Waals surface area contributed by atoms with E-state index in [1.165, 1.54) is 19.3 Å². The van der Waals surface area contributed by atoms with Crippen molar-refractivity contribution in [3.8, 4) is 5.75 Å². The molecule has 0 saturated carbocycles. The van der Waals surface area contributed by atoms with Crippen LogP contribution in [0.3, 0.4) is 0 Å². The Hall–Kier alpha value is -1.81. The number of ether oxygens (including phenoxy) is 1. The van der Waals surface area contributed by atoms with Crippen LogP contribution in [0.25, 0.3) is 11.0 Å². The van der Waals surface area contributed by atoms with Crippen molar-refractivity contribution in [3.63, 3.8) is 0 Å². The van der Waals surface area contributed by atoms with Crippen LogP contribution in [0.1, 0.15) is 36.2 Å². The molecule has 1 aliphatic heterocycles. The standard InChI is InChI=1S/C17H21NO3/c1-20-14-5-6-16-13(11-14)12-17(21-16)15(19)7-10-18-8-3-2-4-9-18/h5-6,11-12H,2-4,7-10H2,1H3. The molecule has 2 aromatic rings. The highest BCUT2D eigenvalue weighted by Crippen LogP contribution is 2.25. The van der Waals surface area contributed by atoms with Gasteiger partial charge in [0.05, 0.1) is 7.11 Å². The average Bonchev–Trinajstić information content (AvgIpc) is 2.96. The Balaban J connectivity index is 1.66. The number of Topliss-reactive ketones (excluding diaryl/α,β-unsaturated/α-hetero) is 1. The minimum absolute atomic E-state index is 0.0794. The first-order valence-corrected chi connectivity index (χ1v) is 7.59. The van der Waals surface area contributed by atoms with E-state index in [2.05, 4.69) is 4.90 Å². The molecule has 112 valence electrons. The third-order valence-corrected chi connectivity index (χ3v) is 4.10. The lowest BCUT2D eigenvalue weighted by Gasteiger charge is -2.25. The third kappa shape index (κ3) is 3.27. The van der Waals surface area contributed by atoms with E-state index in [4.69, 9.17) is 9.15 Å². The first-order chi connectivity index (χ1) is 10.3. The number of carbonyl (C=O) groups is 1. The predicted octanol–water partition coefficient (Wildman–Crippen LogP) is 3.50. The number of carbonyl (C=O) groups excluding carboxylic acids is 1. The maximum atomic E-state index is 12.3. The van der Waals surface area contributed by atoms with Crippen LogP contribution >= 0.6 is 0 Å². The summed E-state index contributed by atoms with van der Waals surface area (Å²) in [5.74, 6) is 1.31. The summed E-state index contributed by atoms with van der Waals surface area (Å²) in [7, 11) is 1.63. The highest BCUT2D eigenvalue weighted by Gasteiger charge is 2.16. The van der Waals surface area contributed by atoms with E-state index in [1.807, 2.05) is 24.3 Å². The van der Waals surface area contributed by atoms with Crippen molar-refractivity contribution in [2.75, 3.05) is 26.7 Å². The maximum Gasteiger partial charge on any atom is 0.199 e. The van der Waals surface area contributed by atoms with Gasteiger partial charge in [-0.2, -0.15) is 0 Å². The summed E-state index contributed by atoms with van der Waals surface area (Å²) in [6.07, 6.45) is 4.34. The average molecular weight is 287 g/mol. The molecule has 0 spiro atoms. The Morgan fingerprint density at radius 3 is 2.81 bits per heavy atom. The fraction of sp³-hybridized carbons (Fsp3) is 0.471. The number of hydrogen-bond acceptors (Lipinski definition) is 4. The van der Waals surface area contributed by atoms with Gasteiger partial charge in [-0.1, -0.05) is 6.42 Å². The normalized spacial score (nSPS) is 16.2. The van der Waals surface area contributed by atoms with E-state index in [-0.39, 0.29) is 5.78 Å². The molecule has 3 rings (SSSR count). The van der Waals surface area contributed by atoms with Crippen LogP contribution in [0.5, 0.6) is 5.75 Å². The molecule has 1 aromatic heterocycles. The number of methoxy groups -OCH3 is 1. The summed E-state index contributed by atoms with van der Waals surface area (Å²) in [5, 5.41) is 0.913. The van der Waals surface area contributed by atoms with Crippen molar-refractivity contribution in [3.05, 3.63) is 30.0 Å². The fourth-order valence-corrected chi connectivity index (χ4v) is 2.85. The van der Waals surface area contributed by atoms with Gasteiger partial charge in [-0.25, -0.2) is 0 Å². The van der Waals surface area contributed by atoms with E-state index in [9.17, 15) is 4.79 Å². The molecule has 0 aliphatic carbocycles. The van der Waals surface area contributed by atoms with E-state index in [0.29, 0.717) is 12.2 Å². The summed E-state index contributed by atoms with van der Waals surface area (Å²) in [6, 6.07) is 7.39. The molecule has 21 heavy (non-hydrogen) atoms. The van der Waals surface area contributed by atoms with Gasteiger partial charge in [0, 0.05) is 18.4 Å². The van der Waals surface area contributed by atoms with Gasteiger partial charge in [-0.05, 0) is 50.2 Å². The quantitative estimate of drug-likeness (QED) is 0.789. The zero-order valence-corrected chi connectivity index (χ0v) is 12.4. The number of piperidine rings is 1. The number of benzene rings is 1.